The van der Waals surface area contributed by atoms with Crippen LogP contribution in [-0.4, -0.2) is 45.2 Å². The molecule has 1 aliphatic rings. The molecule has 0 atom stereocenters. The molecule has 0 radical (unpaired) electrons. The Balaban J connectivity index is 1.37. The van der Waals surface area contributed by atoms with Gasteiger partial charge in [0.15, 0.2) is 0 Å². The molecule has 1 aromatic carbocycles. The summed E-state index contributed by atoms with van der Waals surface area (Å²) >= 11 is 6.23. The number of benzene rings is 1. The lowest BCUT2D eigenvalue weighted by atomic mass is 9.96. The first-order valence-electron chi connectivity index (χ1n) is 8.25. The van der Waals surface area contributed by atoms with Gasteiger partial charge in [-0.25, -0.2) is 9.67 Å². The highest BCUT2D eigenvalue weighted by atomic mass is 35.5. The maximum atomic E-state index is 11.9. The van der Waals surface area contributed by atoms with Crippen LogP contribution in [0.15, 0.2) is 36.9 Å². The first kappa shape index (κ1) is 16.9. The lowest BCUT2D eigenvalue weighted by Gasteiger charge is -2.32. The minimum absolute atomic E-state index is 0.0148. The molecule has 1 N–H and O–H groups in total. The number of hydrogen-bond donors (Lipinski definition) is 1. The van der Waals surface area contributed by atoms with E-state index in [9.17, 15) is 4.79 Å². The highest BCUT2D eigenvalue weighted by Gasteiger charge is 2.20. The molecule has 128 valence electrons. The van der Waals surface area contributed by atoms with E-state index in [-0.39, 0.29) is 12.5 Å². The zero-order valence-electron chi connectivity index (χ0n) is 13.6. The summed E-state index contributed by atoms with van der Waals surface area (Å²) in [7, 11) is 0. The lowest BCUT2D eigenvalue weighted by molar-refractivity contribution is -0.122. The van der Waals surface area contributed by atoms with Crippen molar-refractivity contribution in [2.24, 2.45) is 5.92 Å². The third kappa shape index (κ3) is 4.79. The molecule has 2 aromatic rings. The van der Waals surface area contributed by atoms with Gasteiger partial charge in [0.2, 0.25) is 5.91 Å². The molecule has 3 rings (SSSR count). The van der Waals surface area contributed by atoms with E-state index in [0.29, 0.717) is 5.92 Å². The van der Waals surface area contributed by atoms with Gasteiger partial charge >= 0.3 is 0 Å². The fourth-order valence-electron chi connectivity index (χ4n) is 2.99. The predicted molar refractivity (Wildman–Crippen MR) is 92.5 cm³/mol. The second-order valence-electron chi connectivity index (χ2n) is 6.21. The Morgan fingerprint density at radius 3 is 2.79 bits per heavy atom. The van der Waals surface area contributed by atoms with Crippen molar-refractivity contribution in [1.82, 2.24) is 25.0 Å². The summed E-state index contributed by atoms with van der Waals surface area (Å²) in [4.78, 5) is 18.1. The van der Waals surface area contributed by atoms with Crippen LogP contribution >= 0.6 is 11.6 Å². The largest absolute Gasteiger partial charge is 0.354 e. The third-order valence-corrected chi connectivity index (χ3v) is 4.79. The van der Waals surface area contributed by atoms with Crippen molar-refractivity contribution < 1.29 is 4.79 Å². The Morgan fingerprint density at radius 2 is 2.08 bits per heavy atom. The average Bonchev–Trinajstić information content (AvgIpc) is 3.09. The zero-order chi connectivity index (χ0) is 16.8. The van der Waals surface area contributed by atoms with Crippen molar-refractivity contribution in [1.29, 1.82) is 0 Å². The molecule has 1 aromatic heterocycles. The molecule has 0 spiro atoms. The summed E-state index contributed by atoms with van der Waals surface area (Å²) in [6, 6.07) is 8.01. The van der Waals surface area contributed by atoms with Gasteiger partial charge in [0.05, 0.1) is 0 Å². The molecule has 0 aliphatic carbocycles. The number of amides is 1. The van der Waals surface area contributed by atoms with E-state index < -0.39 is 0 Å². The van der Waals surface area contributed by atoms with Crippen molar-refractivity contribution in [3.8, 4) is 0 Å². The van der Waals surface area contributed by atoms with Gasteiger partial charge in [-0.2, -0.15) is 5.10 Å². The number of carbonyl (C=O) groups excluding carboxylic acids is 1. The molecule has 0 saturated carbocycles. The number of aromatic nitrogens is 3. The molecule has 0 unspecified atom stereocenters. The van der Waals surface area contributed by atoms with Crippen LogP contribution < -0.4 is 5.32 Å². The Hall–Kier alpha value is -1.92. The fraction of sp³-hybridized carbons (Fsp3) is 0.471. The van der Waals surface area contributed by atoms with Gasteiger partial charge in [-0.1, -0.05) is 29.8 Å². The number of likely N-dealkylation sites (tertiary alicyclic amines) is 1. The monoisotopic (exact) mass is 347 g/mol. The van der Waals surface area contributed by atoms with Crippen LogP contribution in [-0.2, 0) is 17.9 Å². The van der Waals surface area contributed by atoms with E-state index in [4.69, 9.17) is 11.6 Å². The van der Waals surface area contributed by atoms with E-state index in [1.54, 1.807) is 6.33 Å². The summed E-state index contributed by atoms with van der Waals surface area (Å²) in [6.07, 6.45) is 5.16. The van der Waals surface area contributed by atoms with Gasteiger partial charge in [-0.05, 0) is 43.5 Å². The second kappa shape index (κ2) is 8.26. The number of nitrogens with zero attached hydrogens (tertiary/aromatic N) is 4. The van der Waals surface area contributed by atoms with Crippen LogP contribution in [0, 0.1) is 5.92 Å². The van der Waals surface area contributed by atoms with E-state index in [2.05, 4.69) is 26.4 Å². The van der Waals surface area contributed by atoms with Crippen LogP contribution in [0.3, 0.4) is 0 Å². The molecule has 0 bridgehead atoms. The maximum Gasteiger partial charge on any atom is 0.241 e. The normalized spacial score (nSPS) is 16.2. The summed E-state index contributed by atoms with van der Waals surface area (Å²) in [5, 5.41) is 7.77. The van der Waals surface area contributed by atoms with Gasteiger partial charge in [-0.3, -0.25) is 9.69 Å². The number of carbonyl (C=O) groups is 1. The molecule has 7 heteroatoms. The molecule has 6 nitrogen and oxygen atoms in total. The van der Waals surface area contributed by atoms with E-state index in [0.717, 1.165) is 44.0 Å². The Morgan fingerprint density at radius 1 is 1.29 bits per heavy atom. The number of nitrogens with one attached hydrogen (secondary N) is 1. The highest BCUT2D eigenvalue weighted by molar-refractivity contribution is 6.31. The molecule has 1 amide bonds. The van der Waals surface area contributed by atoms with Crippen molar-refractivity contribution in [2.75, 3.05) is 19.6 Å². The number of hydrogen-bond acceptors (Lipinski definition) is 4. The van der Waals surface area contributed by atoms with Crippen LogP contribution in [0.1, 0.15) is 18.4 Å². The van der Waals surface area contributed by atoms with Crippen molar-refractivity contribution in [3.05, 3.63) is 47.5 Å². The predicted octanol–water partition coefficient (Wildman–Crippen LogP) is 1.96. The van der Waals surface area contributed by atoms with Gasteiger partial charge in [0.25, 0.3) is 0 Å². The minimum atomic E-state index is -0.0148. The van der Waals surface area contributed by atoms with Crippen LogP contribution in [0.5, 0.6) is 0 Å². The lowest BCUT2D eigenvalue weighted by Crippen LogP contribution is -2.39. The molecule has 1 aliphatic heterocycles. The maximum absolute atomic E-state index is 11.9. The second-order valence-corrected chi connectivity index (χ2v) is 6.62. The first-order valence-corrected chi connectivity index (χ1v) is 8.63. The Bertz CT molecular complexity index is 653. The minimum Gasteiger partial charge on any atom is -0.354 e. The third-order valence-electron chi connectivity index (χ3n) is 4.42. The number of rotatable bonds is 6. The molecule has 1 saturated heterocycles. The van der Waals surface area contributed by atoms with Crippen molar-refractivity contribution >= 4 is 17.5 Å². The van der Waals surface area contributed by atoms with Crippen molar-refractivity contribution in [2.45, 2.75) is 25.9 Å². The topological polar surface area (TPSA) is 63.1 Å². The SMILES string of the molecule is O=C(Cn1cncn1)NCC1CCN(Cc2ccccc2Cl)CC1. The quantitative estimate of drug-likeness (QED) is 0.867. The molecule has 2 heterocycles. The molecular formula is C17H22ClN5O. The van der Waals surface area contributed by atoms with Gasteiger partial charge in [-0.15, -0.1) is 0 Å². The Labute approximate surface area is 146 Å². The number of halogens is 1. The smallest absolute Gasteiger partial charge is 0.241 e. The summed E-state index contributed by atoms with van der Waals surface area (Å²) in [5.74, 6) is 0.520. The van der Waals surface area contributed by atoms with Gasteiger partial charge in [0, 0.05) is 18.1 Å². The average molecular weight is 348 g/mol. The van der Waals surface area contributed by atoms with E-state index in [1.165, 1.54) is 16.6 Å². The van der Waals surface area contributed by atoms with Crippen molar-refractivity contribution in [3.63, 3.8) is 0 Å². The Kier molecular flexibility index (Phi) is 5.82. The van der Waals surface area contributed by atoms with E-state index in [1.807, 2.05) is 18.2 Å². The molecular weight excluding hydrogens is 326 g/mol. The summed E-state index contributed by atoms with van der Waals surface area (Å²) in [5.41, 5.74) is 1.18. The number of piperidine rings is 1. The summed E-state index contributed by atoms with van der Waals surface area (Å²) in [6.45, 7) is 3.92. The highest BCUT2D eigenvalue weighted by Crippen LogP contribution is 2.21. The summed E-state index contributed by atoms with van der Waals surface area (Å²) < 4.78 is 1.53. The van der Waals surface area contributed by atoms with E-state index >= 15 is 0 Å². The van der Waals surface area contributed by atoms with Gasteiger partial charge < -0.3 is 5.32 Å². The first-order chi connectivity index (χ1) is 11.7. The van der Waals surface area contributed by atoms with Crippen LogP contribution in [0.25, 0.3) is 0 Å². The standard InChI is InChI=1S/C17H22ClN5O/c18-16-4-2-1-3-15(16)10-22-7-5-14(6-8-22)9-20-17(24)11-23-13-19-12-21-23/h1-4,12-14H,5-11H2,(H,20,24). The fourth-order valence-corrected chi connectivity index (χ4v) is 3.19. The van der Waals surface area contributed by atoms with Gasteiger partial charge in [0.1, 0.15) is 19.2 Å². The molecule has 1 fully saturated rings. The molecule has 24 heavy (non-hydrogen) atoms. The van der Waals surface area contributed by atoms with Crippen LogP contribution in [0.4, 0.5) is 0 Å². The zero-order valence-corrected chi connectivity index (χ0v) is 14.3. The van der Waals surface area contributed by atoms with Crippen LogP contribution in [0.2, 0.25) is 5.02 Å².